The van der Waals surface area contributed by atoms with E-state index in [0.717, 1.165) is 0 Å². The second-order valence-electron chi connectivity index (χ2n) is 5.26. The minimum Gasteiger partial charge on any atom is -0.478 e. The van der Waals surface area contributed by atoms with Crippen LogP contribution in [-0.4, -0.2) is 34.1 Å². The fourth-order valence-corrected chi connectivity index (χ4v) is 1.38. The molecule has 1 aromatic rings. The number of anilines is 1. The highest BCUT2D eigenvalue weighted by atomic mass is 16.5. The molecule has 0 aliphatic heterocycles. The SMILES string of the molecule is CCOc1ccnc(NC(C)C(=O)NC(C)(C)C)n1. The number of carbonyl (C=O) groups excluding carboxylic acids is 1. The Kier molecular flexibility index (Phi) is 5.09. The minimum atomic E-state index is -0.420. The minimum absolute atomic E-state index is 0.0992. The summed E-state index contributed by atoms with van der Waals surface area (Å²) in [4.78, 5) is 20.1. The number of rotatable bonds is 5. The topological polar surface area (TPSA) is 76.1 Å². The monoisotopic (exact) mass is 266 g/mol. The van der Waals surface area contributed by atoms with Crippen LogP contribution in [0.15, 0.2) is 12.3 Å². The van der Waals surface area contributed by atoms with Crippen LogP contribution in [0.4, 0.5) is 5.95 Å². The summed E-state index contributed by atoms with van der Waals surface area (Å²) in [6.07, 6.45) is 1.59. The van der Waals surface area contributed by atoms with Crippen LogP contribution >= 0.6 is 0 Å². The molecule has 1 rings (SSSR count). The molecule has 0 radical (unpaired) electrons. The Morgan fingerprint density at radius 3 is 2.74 bits per heavy atom. The number of nitrogens with zero attached hydrogens (tertiary/aromatic N) is 2. The number of nitrogens with one attached hydrogen (secondary N) is 2. The molecule has 0 aromatic carbocycles. The average molecular weight is 266 g/mol. The van der Waals surface area contributed by atoms with Gasteiger partial charge in [0.15, 0.2) is 0 Å². The third-order valence-electron chi connectivity index (χ3n) is 2.16. The molecule has 2 N–H and O–H groups in total. The van der Waals surface area contributed by atoms with Crippen LogP contribution in [0.2, 0.25) is 0 Å². The van der Waals surface area contributed by atoms with E-state index in [4.69, 9.17) is 4.74 Å². The van der Waals surface area contributed by atoms with Crippen molar-refractivity contribution in [3.63, 3.8) is 0 Å². The highest BCUT2D eigenvalue weighted by Crippen LogP contribution is 2.09. The van der Waals surface area contributed by atoms with E-state index >= 15 is 0 Å². The molecule has 6 heteroatoms. The van der Waals surface area contributed by atoms with Gasteiger partial charge in [-0.25, -0.2) is 4.98 Å². The third kappa shape index (κ3) is 5.54. The Morgan fingerprint density at radius 1 is 1.47 bits per heavy atom. The maximum Gasteiger partial charge on any atom is 0.242 e. The smallest absolute Gasteiger partial charge is 0.242 e. The molecule has 0 aliphatic carbocycles. The molecule has 6 nitrogen and oxygen atoms in total. The summed E-state index contributed by atoms with van der Waals surface area (Å²) in [5.41, 5.74) is -0.263. The van der Waals surface area contributed by atoms with Crippen LogP contribution < -0.4 is 15.4 Å². The molecule has 0 fully saturated rings. The summed E-state index contributed by atoms with van der Waals surface area (Å²) in [6.45, 7) is 9.99. The van der Waals surface area contributed by atoms with Gasteiger partial charge in [-0.1, -0.05) is 0 Å². The predicted molar refractivity (Wildman–Crippen MR) is 74.2 cm³/mol. The van der Waals surface area contributed by atoms with E-state index in [1.807, 2.05) is 27.7 Å². The van der Waals surface area contributed by atoms with Crippen LogP contribution in [0, 0.1) is 0 Å². The van der Waals surface area contributed by atoms with Gasteiger partial charge >= 0.3 is 0 Å². The Hall–Kier alpha value is -1.85. The molecule has 0 saturated heterocycles. The number of ether oxygens (including phenoxy) is 1. The third-order valence-corrected chi connectivity index (χ3v) is 2.16. The van der Waals surface area contributed by atoms with Gasteiger partial charge in [0, 0.05) is 17.8 Å². The van der Waals surface area contributed by atoms with Crippen LogP contribution in [0.5, 0.6) is 5.88 Å². The summed E-state index contributed by atoms with van der Waals surface area (Å²) in [7, 11) is 0. The zero-order valence-corrected chi connectivity index (χ0v) is 12.2. The fourth-order valence-electron chi connectivity index (χ4n) is 1.38. The van der Waals surface area contributed by atoms with Gasteiger partial charge < -0.3 is 15.4 Å². The Labute approximate surface area is 114 Å². The largest absolute Gasteiger partial charge is 0.478 e. The maximum absolute atomic E-state index is 11.9. The number of carbonyl (C=O) groups is 1. The van der Waals surface area contributed by atoms with E-state index < -0.39 is 6.04 Å². The summed E-state index contributed by atoms with van der Waals surface area (Å²) in [6, 6.07) is 1.25. The van der Waals surface area contributed by atoms with Gasteiger partial charge in [-0.3, -0.25) is 4.79 Å². The van der Waals surface area contributed by atoms with Crippen molar-refractivity contribution in [2.75, 3.05) is 11.9 Å². The number of amides is 1. The van der Waals surface area contributed by atoms with Crippen molar-refractivity contribution in [3.8, 4) is 5.88 Å². The Balaban J connectivity index is 2.63. The summed E-state index contributed by atoms with van der Waals surface area (Å²) in [5.74, 6) is 0.767. The Morgan fingerprint density at radius 2 is 2.16 bits per heavy atom. The molecular formula is C13H22N4O2. The zero-order chi connectivity index (χ0) is 14.5. The first-order chi connectivity index (χ1) is 8.81. The molecule has 19 heavy (non-hydrogen) atoms. The molecule has 1 heterocycles. The van der Waals surface area contributed by atoms with Gasteiger partial charge in [0.1, 0.15) is 6.04 Å². The lowest BCUT2D eigenvalue weighted by Gasteiger charge is -2.23. The van der Waals surface area contributed by atoms with Crippen molar-refractivity contribution in [1.82, 2.24) is 15.3 Å². The molecule has 1 aromatic heterocycles. The first-order valence-corrected chi connectivity index (χ1v) is 6.36. The van der Waals surface area contributed by atoms with Gasteiger partial charge in [0.2, 0.25) is 17.7 Å². The number of aromatic nitrogens is 2. The lowest BCUT2D eigenvalue weighted by Crippen LogP contribution is -2.47. The second kappa shape index (κ2) is 6.36. The first kappa shape index (κ1) is 15.2. The second-order valence-corrected chi connectivity index (χ2v) is 5.26. The van der Waals surface area contributed by atoms with Crippen molar-refractivity contribution in [2.45, 2.75) is 46.2 Å². The standard InChI is InChI=1S/C13H22N4O2/c1-6-19-10-7-8-14-12(16-10)15-9(2)11(18)17-13(3,4)5/h7-9H,6H2,1-5H3,(H,17,18)(H,14,15,16). The molecular weight excluding hydrogens is 244 g/mol. The van der Waals surface area contributed by atoms with E-state index in [0.29, 0.717) is 18.4 Å². The molecule has 1 atom stereocenters. The van der Waals surface area contributed by atoms with Crippen molar-refractivity contribution in [1.29, 1.82) is 0 Å². The van der Waals surface area contributed by atoms with Crippen LogP contribution in [0.25, 0.3) is 0 Å². The molecule has 1 amide bonds. The summed E-state index contributed by atoms with van der Waals surface area (Å²) in [5, 5.41) is 5.84. The zero-order valence-electron chi connectivity index (χ0n) is 12.2. The van der Waals surface area contributed by atoms with Gasteiger partial charge in [0.05, 0.1) is 6.61 Å². The quantitative estimate of drug-likeness (QED) is 0.846. The lowest BCUT2D eigenvalue weighted by atomic mass is 10.1. The van der Waals surface area contributed by atoms with Gasteiger partial charge in [0.25, 0.3) is 0 Å². The van der Waals surface area contributed by atoms with E-state index in [1.165, 1.54) is 0 Å². The van der Waals surface area contributed by atoms with Crippen molar-refractivity contribution < 1.29 is 9.53 Å². The van der Waals surface area contributed by atoms with Gasteiger partial charge in [-0.05, 0) is 34.6 Å². The fraction of sp³-hybridized carbons (Fsp3) is 0.615. The molecule has 0 bridgehead atoms. The van der Waals surface area contributed by atoms with Crippen LogP contribution in [0.3, 0.4) is 0 Å². The van der Waals surface area contributed by atoms with Crippen LogP contribution in [0.1, 0.15) is 34.6 Å². The van der Waals surface area contributed by atoms with E-state index in [9.17, 15) is 4.79 Å². The van der Waals surface area contributed by atoms with E-state index in [-0.39, 0.29) is 11.4 Å². The first-order valence-electron chi connectivity index (χ1n) is 6.36. The van der Waals surface area contributed by atoms with Crippen molar-refractivity contribution in [3.05, 3.63) is 12.3 Å². The van der Waals surface area contributed by atoms with E-state index in [2.05, 4.69) is 20.6 Å². The molecule has 0 aliphatic rings. The van der Waals surface area contributed by atoms with Crippen LogP contribution in [-0.2, 0) is 4.79 Å². The summed E-state index contributed by atoms with van der Waals surface area (Å²) < 4.78 is 5.28. The van der Waals surface area contributed by atoms with Crippen molar-refractivity contribution >= 4 is 11.9 Å². The molecule has 106 valence electrons. The molecule has 0 spiro atoms. The van der Waals surface area contributed by atoms with Gasteiger partial charge in [-0.2, -0.15) is 4.98 Å². The maximum atomic E-state index is 11.9. The van der Waals surface area contributed by atoms with Crippen molar-refractivity contribution in [2.24, 2.45) is 0 Å². The molecule has 1 unspecified atom stereocenters. The lowest BCUT2D eigenvalue weighted by molar-refractivity contribution is -0.122. The average Bonchev–Trinajstić information content (AvgIpc) is 2.27. The highest BCUT2D eigenvalue weighted by molar-refractivity contribution is 5.84. The predicted octanol–water partition coefficient (Wildman–Crippen LogP) is 1.59. The molecule has 0 saturated carbocycles. The number of hydrogen-bond acceptors (Lipinski definition) is 5. The van der Waals surface area contributed by atoms with Gasteiger partial charge in [-0.15, -0.1) is 0 Å². The normalized spacial score (nSPS) is 12.7. The van der Waals surface area contributed by atoms with E-state index in [1.54, 1.807) is 19.2 Å². The number of hydrogen-bond donors (Lipinski definition) is 2. The summed E-state index contributed by atoms with van der Waals surface area (Å²) >= 11 is 0. The Bertz CT molecular complexity index is 429. The highest BCUT2D eigenvalue weighted by Gasteiger charge is 2.19.